The monoisotopic (exact) mass is 578 g/mol. The highest BCUT2D eigenvalue weighted by Gasteiger charge is 2.55. The molecule has 1 aliphatic rings. The third kappa shape index (κ3) is 5.24. The van der Waals surface area contributed by atoms with Crippen LogP contribution in [0.3, 0.4) is 0 Å². The fourth-order valence-corrected chi connectivity index (χ4v) is 4.77. The fraction of sp³-hybridized carbons (Fsp3) is 0.121. The van der Waals surface area contributed by atoms with Crippen molar-refractivity contribution >= 4 is 28.4 Å². The third-order valence-corrected chi connectivity index (χ3v) is 7.27. The van der Waals surface area contributed by atoms with Crippen LogP contribution in [0.5, 0.6) is 17.2 Å². The summed E-state index contributed by atoms with van der Waals surface area (Å²) in [7, 11) is 1.38. The number of H-pyrrole nitrogens is 1. The van der Waals surface area contributed by atoms with Gasteiger partial charge >= 0.3 is 0 Å². The number of hydrogen-bond donors (Lipinski definition) is 3. The van der Waals surface area contributed by atoms with Gasteiger partial charge in [-0.1, -0.05) is 12.1 Å². The number of aromatic amines is 1. The summed E-state index contributed by atoms with van der Waals surface area (Å²) in [4.78, 5) is 32.4. The van der Waals surface area contributed by atoms with Crippen LogP contribution >= 0.6 is 0 Å². The molecule has 1 saturated carbocycles. The molecule has 4 N–H and O–H groups in total. The van der Waals surface area contributed by atoms with Crippen LogP contribution in [0.1, 0.15) is 24.2 Å². The number of ether oxygens (including phenoxy) is 2. The van der Waals surface area contributed by atoms with Crippen LogP contribution in [0.4, 0.5) is 14.5 Å². The number of carbonyl (C=O) groups excluding carboxylic acids is 2. The van der Waals surface area contributed by atoms with E-state index in [-0.39, 0.29) is 35.4 Å². The predicted molar refractivity (Wildman–Crippen MR) is 156 cm³/mol. The van der Waals surface area contributed by atoms with E-state index in [0.29, 0.717) is 22.7 Å². The predicted octanol–water partition coefficient (Wildman–Crippen LogP) is 5.91. The van der Waals surface area contributed by atoms with E-state index in [2.05, 4.69) is 27.1 Å². The standard InChI is InChI=1S/C33H24F2N4O4/c1-42-27-18-21(43-28-17-20(9-8-19-5-4-16-37-19)38-25-7-3-2-6-22(25)28)10-11-23(27)29-26(13-12-24(34)30(29)35)39-32(41)33(14-15-33)31(36)40/h2-7,10-13,16-18,37H,14-15H2,1H3,(H2,36,40)(H,39,41). The minimum Gasteiger partial charge on any atom is -0.496 e. The van der Waals surface area contributed by atoms with Gasteiger partial charge in [0.1, 0.15) is 28.4 Å². The minimum atomic E-state index is -1.36. The molecule has 2 amide bonds. The Hall–Kier alpha value is -5.69. The molecule has 8 nitrogen and oxygen atoms in total. The second kappa shape index (κ2) is 10.9. The SMILES string of the molecule is COc1cc(Oc2cc(C#Cc3ccc[nH]3)nc3ccccc23)ccc1-c1c(NC(=O)C2(C(N)=O)CC2)ccc(F)c1F. The molecule has 43 heavy (non-hydrogen) atoms. The highest BCUT2D eigenvalue weighted by atomic mass is 19.2. The molecule has 2 aromatic heterocycles. The average Bonchev–Trinajstić information content (AvgIpc) is 3.67. The molecule has 0 bridgehead atoms. The van der Waals surface area contributed by atoms with Crippen LogP contribution in [0, 0.1) is 28.9 Å². The van der Waals surface area contributed by atoms with E-state index in [1.54, 1.807) is 18.3 Å². The number of rotatable bonds is 7. The van der Waals surface area contributed by atoms with Crippen molar-refractivity contribution in [3.8, 4) is 40.2 Å². The maximum absolute atomic E-state index is 15.3. The van der Waals surface area contributed by atoms with E-state index in [1.165, 1.54) is 25.3 Å². The van der Waals surface area contributed by atoms with Gasteiger partial charge in [-0.2, -0.15) is 0 Å². The van der Waals surface area contributed by atoms with E-state index in [1.807, 2.05) is 36.4 Å². The van der Waals surface area contributed by atoms with Gasteiger partial charge in [-0.05, 0) is 73.2 Å². The summed E-state index contributed by atoms with van der Waals surface area (Å²) >= 11 is 0. The Labute approximate surface area is 244 Å². The summed E-state index contributed by atoms with van der Waals surface area (Å²) in [6.45, 7) is 0. The number of nitrogens with one attached hydrogen (secondary N) is 2. The van der Waals surface area contributed by atoms with E-state index in [0.717, 1.165) is 17.1 Å². The smallest absolute Gasteiger partial charge is 0.240 e. The molecule has 5 aromatic rings. The highest BCUT2D eigenvalue weighted by molar-refractivity contribution is 6.13. The first-order valence-electron chi connectivity index (χ1n) is 13.3. The number of pyridine rings is 1. The molecule has 1 fully saturated rings. The van der Waals surface area contributed by atoms with Crippen molar-refractivity contribution in [2.45, 2.75) is 12.8 Å². The zero-order chi connectivity index (χ0) is 30.1. The maximum atomic E-state index is 15.3. The summed E-state index contributed by atoms with van der Waals surface area (Å²) < 4.78 is 41.5. The number of fused-ring (bicyclic) bond motifs is 1. The molecule has 0 radical (unpaired) electrons. The first-order chi connectivity index (χ1) is 20.8. The topological polar surface area (TPSA) is 119 Å². The van der Waals surface area contributed by atoms with E-state index in [4.69, 9.17) is 15.2 Å². The summed E-state index contributed by atoms with van der Waals surface area (Å²) in [6.07, 6.45) is 2.34. The molecular formula is C33H24F2N4O4. The molecule has 0 spiro atoms. The largest absolute Gasteiger partial charge is 0.496 e. The number of hydrogen-bond acceptors (Lipinski definition) is 5. The van der Waals surface area contributed by atoms with Crippen LogP contribution in [-0.2, 0) is 9.59 Å². The third-order valence-electron chi connectivity index (χ3n) is 7.27. The number of primary amides is 1. The number of nitrogens with zero attached hydrogens (tertiary/aromatic N) is 1. The number of para-hydroxylation sites is 1. The van der Waals surface area contributed by atoms with Crippen molar-refractivity contribution < 1.29 is 27.8 Å². The number of methoxy groups -OCH3 is 1. The van der Waals surface area contributed by atoms with E-state index >= 15 is 4.39 Å². The maximum Gasteiger partial charge on any atom is 0.240 e. The first kappa shape index (κ1) is 27.5. The van der Waals surface area contributed by atoms with Crippen molar-refractivity contribution in [1.82, 2.24) is 9.97 Å². The van der Waals surface area contributed by atoms with Crippen molar-refractivity contribution in [2.75, 3.05) is 12.4 Å². The van der Waals surface area contributed by atoms with Gasteiger partial charge in [0, 0.05) is 34.8 Å². The van der Waals surface area contributed by atoms with Crippen molar-refractivity contribution in [3.63, 3.8) is 0 Å². The molecule has 2 heterocycles. The highest BCUT2D eigenvalue weighted by Crippen LogP contribution is 2.47. The Bertz CT molecular complexity index is 1960. The van der Waals surface area contributed by atoms with Gasteiger partial charge in [-0.3, -0.25) is 9.59 Å². The van der Waals surface area contributed by atoms with Crippen molar-refractivity contribution in [3.05, 3.63) is 102 Å². The van der Waals surface area contributed by atoms with Crippen LogP contribution in [0.25, 0.3) is 22.0 Å². The number of halogens is 2. The molecule has 0 aliphatic heterocycles. The molecule has 0 saturated heterocycles. The zero-order valence-electron chi connectivity index (χ0n) is 22.8. The first-order valence-corrected chi connectivity index (χ1v) is 13.3. The quantitative estimate of drug-likeness (QED) is 0.164. The van der Waals surface area contributed by atoms with E-state index < -0.39 is 28.9 Å². The summed E-state index contributed by atoms with van der Waals surface area (Å²) in [5.41, 5.74) is 5.83. The Morgan fingerprint density at radius 3 is 2.53 bits per heavy atom. The van der Waals surface area contributed by atoms with Crippen LogP contribution in [-0.4, -0.2) is 28.9 Å². The fourth-order valence-electron chi connectivity index (χ4n) is 4.77. The number of anilines is 1. The molecule has 1 aliphatic carbocycles. The molecular weight excluding hydrogens is 554 g/mol. The second-order valence-corrected chi connectivity index (χ2v) is 10.0. The van der Waals surface area contributed by atoms with Gasteiger partial charge in [0.15, 0.2) is 11.6 Å². The minimum absolute atomic E-state index is 0.0335. The van der Waals surface area contributed by atoms with Gasteiger partial charge in [0.2, 0.25) is 11.8 Å². The summed E-state index contributed by atoms with van der Waals surface area (Å²) in [5.74, 6) is 3.26. The summed E-state index contributed by atoms with van der Waals surface area (Å²) in [6, 6.07) is 19.5. The lowest BCUT2D eigenvalue weighted by atomic mass is 9.99. The number of benzene rings is 3. The lowest BCUT2D eigenvalue weighted by Crippen LogP contribution is -2.36. The normalized spacial score (nSPS) is 13.1. The molecule has 0 atom stereocenters. The molecule has 0 unspecified atom stereocenters. The Morgan fingerprint density at radius 1 is 1.00 bits per heavy atom. The van der Waals surface area contributed by atoms with Crippen molar-refractivity contribution in [1.29, 1.82) is 0 Å². The lowest BCUT2D eigenvalue weighted by Gasteiger charge is -2.18. The number of amides is 2. The van der Waals surface area contributed by atoms with Crippen molar-refractivity contribution in [2.24, 2.45) is 11.1 Å². The Balaban J connectivity index is 1.37. The van der Waals surface area contributed by atoms with Gasteiger partial charge in [0.05, 0.1) is 24.0 Å². The molecule has 10 heteroatoms. The number of nitrogens with two attached hydrogens (primary N) is 1. The lowest BCUT2D eigenvalue weighted by molar-refractivity contribution is -0.132. The molecule has 214 valence electrons. The van der Waals surface area contributed by atoms with Gasteiger partial charge in [-0.15, -0.1) is 0 Å². The Morgan fingerprint density at radius 2 is 1.81 bits per heavy atom. The van der Waals surface area contributed by atoms with Gasteiger partial charge in [0.25, 0.3) is 0 Å². The number of aromatic nitrogens is 2. The van der Waals surface area contributed by atoms with Gasteiger partial charge < -0.3 is 25.5 Å². The summed E-state index contributed by atoms with van der Waals surface area (Å²) in [5, 5.41) is 3.30. The molecule has 6 rings (SSSR count). The second-order valence-electron chi connectivity index (χ2n) is 10.0. The Kier molecular flexibility index (Phi) is 7.00. The molecule has 3 aromatic carbocycles. The van der Waals surface area contributed by atoms with Crippen LogP contribution < -0.4 is 20.5 Å². The van der Waals surface area contributed by atoms with Crippen LogP contribution in [0.15, 0.2) is 79.0 Å². The average molecular weight is 579 g/mol. The number of carbonyl (C=O) groups is 2. The van der Waals surface area contributed by atoms with E-state index in [9.17, 15) is 14.0 Å². The van der Waals surface area contributed by atoms with Crippen LogP contribution in [0.2, 0.25) is 0 Å². The zero-order valence-corrected chi connectivity index (χ0v) is 22.8. The van der Waals surface area contributed by atoms with Gasteiger partial charge in [-0.25, -0.2) is 13.8 Å².